The van der Waals surface area contributed by atoms with Crippen molar-refractivity contribution in [3.63, 3.8) is 0 Å². The number of carbonyl (C=O) groups excluding carboxylic acids is 1. The number of aryl methyl sites for hydroxylation is 1. The van der Waals surface area contributed by atoms with Crippen LogP contribution in [-0.2, 0) is 0 Å². The van der Waals surface area contributed by atoms with E-state index in [1.165, 1.54) is 0 Å². The molecule has 2 rings (SSSR count). The summed E-state index contributed by atoms with van der Waals surface area (Å²) in [5, 5.41) is 18.7. The monoisotopic (exact) mass is 274 g/mol. The highest BCUT2D eigenvalue weighted by Crippen LogP contribution is 2.15. The van der Waals surface area contributed by atoms with E-state index in [9.17, 15) is 4.79 Å². The molecule has 0 radical (unpaired) electrons. The minimum Gasteiger partial charge on any atom is -0.394 e. The third-order valence-corrected chi connectivity index (χ3v) is 2.85. The van der Waals surface area contributed by atoms with E-state index in [4.69, 9.17) is 5.11 Å². The average Bonchev–Trinajstić information content (AvgIpc) is 2.85. The van der Waals surface area contributed by atoms with Gasteiger partial charge in [-0.25, -0.2) is 4.98 Å². The summed E-state index contributed by atoms with van der Waals surface area (Å²) in [7, 11) is 0. The number of aliphatic hydroxyl groups excluding tert-OH is 1. The minimum atomic E-state index is -0.642. The van der Waals surface area contributed by atoms with Gasteiger partial charge in [-0.05, 0) is 32.9 Å². The van der Waals surface area contributed by atoms with Crippen LogP contribution in [0.3, 0.4) is 0 Å². The number of carbonyl (C=O) groups is 1. The third-order valence-electron chi connectivity index (χ3n) is 2.85. The van der Waals surface area contributed by atoms with Gasteiger partial charge in [0, 0.05) is 11.1 Å². The van der Waals surface area contributed by atoms with Crippen LogP contribution in [0.5, 0.6) is 0 Å². The Morgan fingerprint density at radius 2 is 2.00 bits per heavy atom. The Labute approximate surface area is 117 Å². The second-order valence-corrected chi connectivity index (χ2v) is 5.32. The number of benzene rings is 1. The summed E-state index contributed by atoms with van der Waals surface area (Å²) in [6.07, 6.45) is 0. The number of hydrogen-bond donors (Lipinski definition) is 3. The van der Waals surface area contributed by atoms with E-state index in [2.05, 4.69) is 20.5 Å². The Kier molecular flexibility index (Phi) is 3.85. The zero-order valence-corrected chi connectivity index (χ0v) is 11.8. The predicted molar refractivity (Wildman–Crippen MR) is 75.2 cm³/mol. The largest absolute Gasteiger partial charge is 0.394 e. The highest BCUT2D eigenvalue weighted by molar-refractivity contribution is 5.95. The van der Waals surface area contributed by atoms with Crippen molar-refractivity contribution in [2.45, 2.75) is 26.3 Å². The second-order valence-electron chi connectivity index (χ2n) is 5.32. The molecule has 0 atom stereocenters. The van der Waals surface area contributed by atoms with Gasteiger partial charge in [-0.15, -0.1) is 0 Å². The molecule has 20 heavy (non-hydrogen) atoms. The molecule has 1 aromatic heterocycles. The average molecular weight is 274 g/mol. The van der Waals surface area contributed by atoms with E-state index in [-0.39, 0.29) is 12.5 Å². The van der Waals surface area contributed by atoms with Crippen molar-refractivity contribution in [3.05, 3.63) is 35.7 Å². The highest BCUT2D eigenvalue weighted by Gasteiger charge is 2.19. The molecule has 0 fully saturated rings. The Morgan fingerprint density at radius 3 is 2.50 bits per heavy atom. The fourth-order valence-corrected chi connectivity index (χ4v) is 1.66. The topological polar surface area (TPSA) is 90.9 Å². The van der Waals surface area contributed by atoms with Crippen LogP contribution in [0.25, 0.3) is 11.4 Å². The molecule has 0 aliphatic heterocycles. The number of hydrogen-bond acceptors (Lipinski definition) is 4. The summed E-state index contributed by atoms with van der Waals surface area (Å²) in [5.41, 5.74) is 0.728. The SMILES string of the molecule is Cc1nc(-c2ccc(C(=O)NC(C)(C)CO)cc2)n[nH]1. The summed E-state index contributed by atoms with van der Waals surface area (Å²) in [6, 6.07) is 7.01. The third kappa shape index (κ3) is 3.21. The van der Waals surface area contributed by atoms with Crippen molar-refractivity contribution in [2.75, 3.05) is 6.61 Å². The maximum Gasteiger partial charge on any atom is 0.251 e. The van der Waals surface area contributed by atoms with Gasteiger partial charge in [0.2, 0.25) is 0 Å². The zero-order chi connectivity index (χ0) is 14.8. The second kappa shape index (κ2) is 5.42. The smallest absolute Gasteiger partial charge is 0.251 e. The van der Waals surface area contributed by atoms with E-state index in [1.54, 1.807) is 38.1 Å². The molecule has 0 spiro atoms. The molecule has 0 saturated heterocycles. The van der Waals surface area contributed by atoms with Crippen LogP contribution in [0, 0.1) is 6.92 Å². The number of nitrogens with zero attached hydrogens (tertiary/aromatic N) is 2. The fourth-order valence-electron chi connectivity index (χ4n) is 1.66. The molecule has 0 aliphatic carbocycles. The standard InChI is InChI=1S/C14H18N4O2/c1-9-15-12(18-17-9)10-4-6-11(7-5-10)13(20)16-14(2,3)8-19/h4-7,19H,8H2,1-3H3,(H,16,20)(H,15,17,18). The Balaban J connectivity index is 2.14. The summed E-state index contributed by atoms with van der Waals surface area (Å²) in [5.74, 6) is 1.12. The van der Waals surface area contributed by atoms with Crippen molar-refractivity contribution < 1.29 is 9.90 Å². The number of rotatable bonds is 4. The quantitative estimate of drug-likeness (QED) is 0.783. The van der Waals surface area contributed by atoms with E-state index in [0.717, 1.165) is 11.4 Å². The van der Waals surface area contributed by atoms with Gasteiger partial charge < -0.3 is 10.4 Å². The highest BCUT2D eigenvalue weighted by atomic mass is 16.3. The molecule has 1 heterocycles. The van der Waals surface area contributed by atoms with Gasteiger partial charge in [-0.2, -0.15) is 5.10 Å². The first-order valence-electron chi connectivity index (χ1n) is 6.34. The van der Waals surface area contributed by atoms with Crippen LogP contribution in [0.2, 0.25) is 0 Å². The van der Waals surface area contributed by atoms with E-state index in [1.807, 2.05) is 6.92 Å². The number of nitrogens with one attached hydrogen (secondary N) is 2. The number of aliphatic hydroxyl groups is 1. The Hall–Kier alpha value is -2.21. The van der Waals surface area contributed by atoms with Crippen LogP contribution < -0.4 is 5.32 Å². The predicted octanol–water partition coefficient (Wildman–Crippen LogP) is 1.28. The van der Waals surface area contributed by atoms with Gasteiger partial charge >= 0.3 is 0 Å². The van der Waals surface area contributed by atoms with Crippen molar-refractivity contribution in [3.8, 4) is 11.4 Å². The molecule has 2 aromatic rings. The Bertz CT molecular complexity index is 602. The maximum absolute atomic E-state index is 12.0. The molecule has 1 aromatic carbocycles. The lowest BCUT2D eigenvalue weighted by Crippen LogP contribution is -2.46. The molecule has 3 N–H and O–H groups in total. The first-order chi connectivity index (χ1) is 9.41. The lowest BCUT2D eigenvalue weighted by Gasteiger charge is -2.23. The fraction of sp³-hybridized carbons (Fsp3) is 0.357. The molecule has 0 saturated carbocycles. The summed E-state index contributed by atoms with van der Waals surface area (Å²) in [6.45, 7) is 5.23. The van der Waals surface area contributed by atoms with Gasteiger partial charge in [0.1, 0.15) is 5.82 Å². The Morgan fingerprint density at radius 1 is 1.35 bits per heavy atom. The maximum atomic E-state index is 12.0. The van der Waals surface area contributed by atoms with E-state index < -0.39 is 5.54 Å². The molecular weight excluding hydrogens is 256 g/mol. The van der Waals surface area contributed by atoms with Crippen molar-refractivity contribution in [1.29, 1.82) is 0 Å². The molecule has 6 heteroatoms. The number of amides is 1. The van der Waals surface area contributed by atoms with Gasteiger partial charge in [0.25, 0.3) is 5.91 Å². The lowest BCUT2D eigenvalue weighted by atomic mass is 10.1. The van der Waals surface area contributed by atoms with Crippen LogP contribution in [0.15, 0.2) is 24.3 Å². The molecule has 1 amide bonds. The van der Waals surface area contributed by atoms with Gasteiger partial charge in [-0.3, -0.25) is 9.89 Å². The van der Waals surface area contributed by atoms with E-state index >= 15 is 0 Å². The van der Waals surface area contributed by atoms with Crippen LogP contribution >= 0.6 is 0 Å². The number of H-pyrrole nitrogens is 1. The lowest BCUT2D eigenvalue weighted by molar-refractivity contribution is 0.0869. The summed E-state index contributed by atoms with van der Waals surface area (Å²) >= 11 is 0. The molecular formula is C14H18N4O2. The minimum absolute atomic E-state index is 0.118. The first kappa shape index (κ1) is 14.2. The zero-order valence-electron chi connectivity index (χ0n) is 11.8. The summed E-state index contributed by atoms with van der Waals surface area (Å²) < 4.78 is 0. The molecule has 0 bridgehead atoms. The number of aromatic amines is 1. The van der Waals surface area contributed by atoms with Crippen molar-refractivity contribution in [1.82, 2.24) is 20.5 Å². The van der Waals surface area contributed by atoms with Crippen LogP contribution in [0.1, 0.15) is 30.0 Å². The molecule has 0 unspecified atom stereocenters. The van der Waals surface area contributed by atoms with Gasteiger partial charge in [0.05, 0.1) is 12.1 Å². The van der Waals surface area contributed by atoms with Crippen LogP contribution in [0.4, 0.5) is 0 Å². The van der Waals surface area contributed by atoms with Crippen molar-refractivity contribution >= 4 is 5.91 Å². The van der Waals surface area contributed by atoms with E-state index in [0.29, 0.717) is 11.4 Å². The molecule has 106 valence electrons. The van der Waals surface area contributed by atoms with Crippen molar-refractivity contribution in [2.24, 2.45) is 0 Å². The van der Waals surface area contributed by atoms with Gasteiger partial charge in [-0.1, -0.05) is 12.1 Å². The van der Waals surface area contributed by atoms with Crippen LogP contribution in [-0.4, -0.2) is 38.3 Å². The number of aromatic nitrogens is 3. The first-order valence-corrected chi connectivity index (χ1v) is 6.34. The molecule has 6 nitrogen and oxygen atoms in total. The van der Waals surface area contributed by atoms with Gasteiger partial charge in [0.15, 0.2) is 5.82 Å². The summed E-state index contributed by atoms with van der Waals surface area (Å²) in [4.78, 5) is 16.2. The normalized spacial score (nSPS) is 11.4. The molecule has 0 aliphatic rings.